The van der Waals surface area contributed by atoms with Crippen molar-refractivity contribution in [1.29, 1.82) is 0 Å². The van der Waals surface area contributed by atoms with E-state index in [0.29, 0.717) is 12.5 Å². The highest BCUT2D eigenvalue weighted by molar-refractivity contribution is 5.86. The second-order valence-corrected chi connectivity index (χ2v) is 6.40. The zero-order valence-electron chi connectivity index (χ0n) is 13.0. The van der Waals surface area contributed by atoms with E-state index in [0.717, 1.165) is 45.3 Å². The third-order valence-electron chi connectivity index (χ3n) is 4.63. The summed E-state index contributed by atoms with van der Waals surface area (Å²) in [5.41, 5.74) is 0. The van der Waals surface area contributed by atoms with Crippen LogP contribution in [-0.4, -0.2) is 73.3 Å². The van der Waals surface area contributed by atoms with Gasteiger partial charge in [0, 0.05) is 39.0 Å². The summed E-state index contributed by atoms with van der Waals surface area (Å²) < 4.78 is 0. The van der Waals surface area contributed by atoms with Crippen molar-refractivity contribution >= 4 is 11.8 Å². The fraction of sp³-hybridized carbons (Fsp3) is 0.867. The largest absolute Gasteiger partial charge is 0.349 e. The summed E-state index contributed by atoms with van der Waals surface area (Å²) in [4.78, 5) is 30.4. The zero-order chi connectivity index (χ0) is 14.7. The molecule has 2 heterocycles. The molecular formula is C15H27N3O2. The summed E-state index contributed by atoms with van der Waals surface area (Å²) in [6.45, 7) is 3.01. The van der Waals surface area contributed by atoms with Gasteiger partial charge in [0.05, 0.1) is 0 Å². The number of likely N-dealkylation sites (tertiary alicyclic amines) is 2. The fourth-order valence-electron chi connectivity index (χ4n) is 3.23. The standard InChI is InChI=1S/C15H27N3O2/c1-16(2)14(19)11-12-5-4-8-18(15(12)20)13-6-9-17(3)10-7-13/h12-13H,4-11H2,1-3H3. The summed E-state index contributed by atoms with van der Waals surface area (Å²) in [5, 5.41) is 0. The molecule has 2 fully saturated rings. The zero-order valence-corrected chi connectivity index (χ0v) is 13.0. The van der Waals surface area contributed by atoms with Crippen LogP contribution in [0.15, 0.2) is 0 Å². The first-order chi connectivity index (χ1) is 9.49. The molecule has 2 aliphatic rings. The average molecular weight is 281 g/mol. The molecule has 0 saturated carbocycles. The topological polar surface area (TPSA) is 43.9 Å². The maximum absolute atomic E-state index is 12.6. The third-order valence-corrected chi connectivity index (χ3v) is 4.63. The van der Waals surface area contributed by atoms with Crippen LogP contribution in [0, 0.1) is 5.92 Å². The molecule has 0 bridgehead atoms. The maximum atomic E-state index is 12.6. The number of carbonyl (C=O) groups is 2. The van der Waals surface area contributed by atoms with Crippen LogP contribution in [0.4, 0.5) is 0 Å². The third kappa shape index (κ3) is 3.51. The number of nitrogens with zero attached hydrogens (tertiary/aromatic N) is 3. The first-order valence-corrected chi connectivity index (χ1v) is 7.68. The molecule has 0 N–H and O–H groups in total. The summed E-state index contributed by atoms with van der Waals surface area (Å²) in [5.74, 6) is 0.174. The lowest BCUT2D eigenvalue weighted by atomic mass is 9.90. The minimum absolute atomic E-state index is 0.0635. The smallest absolute Gasteiger partial charge is 0.226 e. The molecule has 1 unspecified atom stereocenters. The van der Waals surface area contributed by atoms with Crippen LogP contribution in [0.1, 0.15) is 32.1 Å². The monoisotopic (exact) mass is 281 g/mol. The predicted octanol–water partition coefficient (Wildman–Crippen LogP) is 0.798. The Morgan fingerprint density at radius 2 is 1.85 bits per heavy atom. The van der Waals surface area contributed by atoms with Crippen molar-refractivity contribution in [2.24, 2.45) is 5.92 Å². The Balaban J connectivity index is 1.94. The molecule has 20 heavy (non-hydrogen) atoms. The molecule has 2 amide bonds. The van der Waals surface area contributed by atoms with Crippen LogP contribution in [0.3, 0.4) is 0 Å². The van der Waals surface area contributed by atoms with E-state index in [-0.39, 0.29) is 17.7 Å². The molecular weight excluding hydrogens is 254 g/mol. The van der Waals surface area contributed by atoms with Crippen molar-refractivity contribution in [2.45, 2.75) is 38.1 Å². The highest BCUT2D eigenvalue weighted by atomic mass is 16.2. The van der Waals surface area contributed by atoms with E-state index in [1.165, 1.54) is 0 Å². The molecule has 1 atom stereocenters. The average Bonchev–Trinajstić information content (AvgIpc) is 2.42. The van der Waals surface area contributed by atoms with E-state index in [1.807, 2.05) is 0 Å². The van der Waals surface area contributed by atoms with Gasteiger partial charge in [-0.25, -0.2) is 0 Å². The van der Waals surface area contributed by atoms with Gasteiger partial charge in [0.1, 0.15) is 0 Å². The number of piperidine rings is 2. The fourth-order valence-corrected chi connectivity index (χ4v) is 3.23. The van der Waals surface area contributed by atoms with E-state index in [9.17, 15) is 9.59 Å². The first-order valence-electron chi connectivity index (χ1n) is 7.68. The summed E-state index contributed by atoms with van der Waals surface area (Å²) in [6.07, 6.45) is 4.40. The van der Waals surface area contributed by atoms with Crippen LogP contribution in [0.2, 0.25) is 0 Å². The molecule has 0 aromatic rings. The molecule has 0 aromatic heterocycles. The van der Waals surface area contributed by atoms with Crippen molar-refractivity contribution in [3.05, 3.63) is 0 Å². The lowest BCUT2D eigenvalue weighted by Crippen LogP contribution is -2.51. The molecule has 0 radical (unpaired) electrons. The molecule has 0 spiro atoms. The highest BCUT2D eigenvalue weighted by Gasteiger charge is 2.35. The van der Waals surface area contributed by atoms with Gasteiger partial charge in [0.15, 0.2) is 0 Å². The van der Waals surface area contributed by atoms with Crippen LogP contribution >= 0.6 is 0 Å². The van der Waals surface area contributed by atoms with E-state index >= 15 is 0 Å². The highest BCUT2D eigenvalue weighted by Crippen LogP contribution is 2.26. The predicted molar refractivity (Wildman–Crippen MR) is 78.3 cm³/mol. The van der Waals surface area contributed by atoms with Gasteiger partial charge in [-0.3, -0.25) is 9.59 Å². The van der Waals surface area contributed by atoms with Gasteiger partial charge in [-0.2, -0.15) is 0 Å². The van der Waals surface area contributed by atoms with Gasteiger partial charge in [0.25, 0.3) is 0 Å². The Labute approximate surface area is 121 Å². The summed E-state index contributed by atoms with van der Waals surface area (Å²) in [7, 11) is 5.64. The van der Waals surface area contributed by atoms with Gasteiger partial charge >= 0.3 is 0 Å². The minimum Gasteiger partial charge on any atom is -0.349 e. The summed E-state index contributed by atoms with van der Waals surface area (Å²) in [6, 6.07) is 0.385. The summed E-state index contributed by atoms with van der Waals surface area (Å²) >= 11 is 0. The molecule has 5 nitrogen and oxygen atoms in total. The number of carbonyl (C=O) groups excluding carboxylic acids is 2. The SMILES string of the molecule is CN1CCC(N2CCCC(CC(=O)N(C)C)C2=O)CC1. The van der Waals surface area contributed by atoms with Gasteiger partial charge in [-0.1, -0.05) is 0 Å². The van der Waals surface area contributed by atoms with Gasteiger partial charge in [-0.15, -0.1) is 0 Å². The van der Waals surface area contributed by atoms with Crippen LogP contribution in [-0.2, 0) is 9.59 Å². The van der Waals surface area contributed by atoms with Crippen molar-refractivity contribution < 1.29 is 9.59 Å². The second kappa shape index (κ2) is 6.57. The van der Waals surface area contributed by atoms with E-state index < -0.39 is 0 Å². The molecule has 2 rings (SSSR count). The van der Waals surface area contributed by atoms with Crippen LogP contribution < -0.4 is 0 Å². The Morgan fingerprint density at radius 3 is 2.45 bits per heavy atom. The number of amides is 2. The van der Waals surface area contributed by atoms with Gasteiger partial charge in [0.2, 0.25) is 11.8 Å². The molecule has 2 aliphatic heterocycles. The quantitative estimate of drug-likeness (QED) is 0.768. The Morgan fingerprint density at radius 1 is 1.20 bits per heavy atom. The van der Waals surface area contributed by atoms with Crippen molar-refractivity contribution in [1.82, 2.24) is 14.7 Å². The number of hydrogen-bond acceptors (Lipinski definition) is 3. The molecule has 0 aliphatic carbocycles. The van der Waals surface area contributed by atoms with E-state index in [2.05, 4.69) is 16.8 Å². The second-order valence-electron chi connectivity index (χ2n) is 6.40. The van der Waals surface area contributed by atoms with Crippen molar-refractivity contribution in [3.8, 4) is 0 Å². The molecule has 0 aromatic carbocycles. The molecule has 114 valence electrons. The van der Waals surface area contributed by atoms with Gasteiger partial charge < -0.3 is 14.7 Å². The van der Waals surface area contributed by atoms with E-state index in [1.54, 1.807) is 19.0 Å². The Bertz CT molecular complexity index is 362. The Kier molecular flexibility index (Phi) is 5.02. The maximum Gasteiger partial charge on any atom is 0.226 e. The number of hydrogen-bond donors (Lipinski definition) is 0. The Hall–Kier alpha value is -1.10. The molecule has 2 saturated heterocycles. The lowest BCUT2D eigenvalue weighted by Gasteiger charge is -2.41. The normalized spacial score (nSPS) is 25.9. The van der Waals surface area contributed by atoms with E-state index in [4.69, 9.17) is 0 Å². The van der Waals surface area contributed by atoms with Gasteiger partial charge in [-0.05, 0) is 45.8 Å². The molecule has 5 heteroatoms. The van der Waals surface area contributed by atoms with Crippen LogP contribution in [0.25, 0.3) is 0 Å². The van der Waals surface area contributed by atoms with Crippen molar-refractivity contribution in [2.75, 3.05) is 40.8 Å². The first kappa shape index (κ1) is 15.3. The minimum atomic E-state index is -0.0988. The van der Waals surface area contributed by atoms with Crippen LogP contribution in [0.5, 0.6) is 0 Å². The number of rotatable bonds is 3. The van der Waals surface area contributed by atoms with Crippen molar-refractivity contribution in [3.63, 3.8) is 0 Å². The lowest BCUT2D eigenvalue weighted by molar-refractivity contribution is -0.146.